The van der Waals surface area contributed by atoms with Gasteiger partial charge in [-0.1, -0.05) is 6.58 Å². The molecule has 0 aromatic carbocycles. The number of hydrogen-bond donors (Lipinski definition) is 4. The molecule has 1 saturated heterocycles. The van der Waals surface area contributed by atoms with Crippen molar-refractivity contribution in [3.8, 4) is 0 Å². The lowest BCUT2D eigenvalue weighted by Gasteiger charge is -2.38. The third-order valence-electron chi connectivity index (χ3n) is 2.76. The Labute approximate surface area is 121 Å². The molecule has 0 radical (unpaired) electrons. The van der Waals surface area contributed by atoms with E-state index in [-0.39, 0.29) is 18.8 Å². The van der Waals surface area contributed by atoms with Gasteiger partial charge in [-0.2, -0.15) is 0 Å². The normalized spacial score (nSPS) is 32.7. The summed E-state index contributed by atoms with van der Waals surface area (Å²) >= 11 is 0. The van der Waals surface area contributed by atoms with Crippen molar-refractivity contribution in [3.05, 3.63) is 12.2 Å². The van der Waals surface area contributed by atoms with Gasteiger partial charge in [0.1, 0.15) is 37.6 Å². The first-order valence-electron chi connectivity index (χ1n) is 6.30. The Kier molecular flexibility index (Phi) is 7.18. The zero-order valence-electron chi connectivity index (χ0n) is 11.5. The van der Waals surface area contributed by atoms with Crippen molar-refractivity contribution in [1.82, 2.24) is 0 Å². The zero-order chi connectivity index (χ0) is 16.0. The fourth-order valence-corrected chi connectivity index (χ4v) is 1.55. The van der Waals surface area contributed by atoms with Gasteiger partial charge in [0.15, 0.2) is 0 Å². The fraction of sp³-hybridized carbons (Fsp3) is 0.750. The zero-order valence-corrected chi connectivity index (χ0v) is 11.5. The van der Waals surface area contributed by atoms with Gasteiger partial charge in [0.25, 0.3) is 0 Å². The van der Waals surface area contributed by atoms with Gasteiger partial charge in [-0.15, -0.1) is 0 Å². The van der Waals surface area contributed by atoms with E-state index in [0.29, 0.717) is 0 Å². The molecule has 0 amide bonds. The Balaban J connectivity index is 2.31. The second-order valence-electron chi connectivity index (χ2n) is 4.53. The second kappa shape index (κ2) is 8.39. The van der Waals surface area contributed by atoms with Crippen LogP contribution in [0, 0.1) is 0 Å². The van der Waals surface area contributed by atoms with Crippen molar-refractivity contribution in [2.45, 2.75) is 37.6 Å². The Morgan fingerprint density at radius 2 is 1.86 bits per heavy atom. The molecule has 0 aliphatic carbocycles. The molecule has 1 heterocycles. The highest BCUT2D eigenvalue weighted by Crippen LogP contribution is 2.21. The molecular formula is C12H20O9. The number of hydrogen-bond acceptors (Lipinski definition) is 9. The van der Waals surface area contributed by atoms with E-state index in [0.717, 1.165) is 0 Å². The Morgan fingerprint density at radius 1 is 1.19 bits per heavy atom. The summed E-state index contributed by atoms with van der Waals surface area (Å²) in [4.78, 5) is 20.5. The minimum Gasteiger partial charge on any atom is -0.460 e. The maximum absolute atomic E-state index is 11.0. The SMILES string of the molecule is C=C(C)C(=O)OCCOOC1OC(CO)[C@H](O)C(O)C1O. The molecule has 0 bridgehead atoms. The van der Waals surface area contributed by atoms with Crippen LogP contribution >= 0.6 is 0 Å². The average Bonchev–Trinajstić information content (AvgIpc) is 2.46. The van der Waals surface area contributed by atoms with E-state index in [1.165, 1.54) is 6.92 Å². The van der Waals surface area contributed by atoms with Crippen LogP contribution in [0.25, 0.3) is 0 Å². The van der Waals surface area contributed by atoms with E-state index in [1.54, 1.807) is 0 Å². The monoisotopic (exact) mass is 308 g/mol. The number of aliphatic hydroxyl groups is 4. The molecule has 0 aromatic heterocycles. The van der Waals surface area contributed by atoms with Crippen LogP contribution in [0.1, 0.15) is 6.92 Å². The van der Waals surface area contributed by atoms with Crippen molar-refractivity contribution < 1.29 is 44.5 Å². The van der Waals surface area contributed by atoms with E-state index >= 15 is 0 Å². The molecule has 1 aliphatic heterocycles. The number of esters is 1. The van der Waals surface area contributed by atoms with E-state index < -0.39 is 43.3 Å². The summed E-state index contributed by atoms with van der Waals surface area (Å²) in [5.74, 6) is -0.577. The predicted molar refractivity (Wildman–Crippen MR) is 66.6 cm³/mol. The Hall–Kier alpha value is -1.07. The van der Waals surface area contributed by atoms with Crippen LogP contribution in [-0.2, 0) is 24.0 Å². The summed E-state index contributed by atoms with van der Waals surface area (Å²) in [6.45, 7) is 4.07. The van der Waals surface area contributed by atoms with Gasteiger partial charge >= 0.3 is 5.97 Å². The highest BCUT2D eigenvalue weighted by atomic mass is 17.2. The lowest BCUT2D eigenvalue weighted by molar-refractivity contribution is -0.426. The standard InChI is InChI=1S/C12H20O9/c1-6(2)11(17)18-3-4-19-21-12-10(16)9(15)8(14)7(5-13)20-12/h7-10,12-16H,1,3-5H2,2H3/t7?,8-,9?,10?,12?/m0/s1. The summed E-state index contributed by atoms with van der Waals surface area (Å²) in [6, 6.07) is 0. The predicted octanol–water partition coefficient (Wildman–Crippen LogP) is -2.15. The topological polar surface area (TPSA) is 135 Å². The molecule has 9 heteroatoms. The number of aliphatic hydroxyl groups excluding tert-OH is 4. The minimum absolute atomic E-state index is 0.108. The van der Waals surface area contributed by atoms with Gasteiger partial charge in [-0.3, -0.25) is 0 Å². The summed E-state index contributed by atoms with van der Waals surface area (Å²) in [7, 11) is 0. The molecule has 5 atom stereocenters. The second-order valence-corrected chi connectivity index (χ2v) is 4.53. The van der Waals surface area contributed by atoms with Crippen molar-refractivity contribution in [2.24, 2.45) is 0 Å². The Morgan fingerprint density at radius 3 is 2.43 bits per heavy atom. The highest BCUT2D eigenvalue weighted by Gasteiger charge is 2.44. The largest absolute Gasteiger partial charge is 0.460 e. The van der Waals surface area contributed by atoms with Crippen molar-refractivity contribution in [1.29, 1.82) is 0 Å². The average molecular weight is 308 g/mol. The van der Waals surface area contributed by atoms with Crippen LogP contribution in [0.15, 0.2) is 12.2 Å². The van der Waals surface area contributed by atoms with E-state index in [4.69, 9.17) is 19.5 Å². The number of rotatable bonds is 7. The molecule has 4 N–H and O–H groups in total. The maximum atomic E-state index is 11.0. The quantitative estimate of drug-likeness (QED) is 0.136. The molecule has 9 nitrogen and oxygen atoms in total. The molecule has 1 fully saturated rings. The van der Waals surface area contributed by atoms with Gasteiger partial charge < -0.3 is 29.9 Å². The molecule has 0 saturated carbocycles. The third kappa shape index (κ3) is 5.00. The number of carbonyl (C=O) groups excluding carboxylic acids is 1. The highest BCUT2D eigenvalue weighted by molar-refractivity contribution is 5.86. The van der Waals surface area contributed by atoms with Crippen molar-refractivity contribution in [3.63, 3.8) is 0 Å². The number of carbonyl (C=O) groups is 1. The van der Waals surface area contributed by atoms with Gasteiger partial charge in [0.05, 0.1) is 6.61 Å². The Bertz CT molecular complexity index is 357. The molecule has 0 spiro atoms. The molecule has 122 valence electrons. The van der Waals surface area contributed by atoms with Crippen molar-refractivity contribution >= 4 is 5.97 Å². The minimum atomic E-state index is -1.55. The van der Waals surface area contributed by atoms with E-state index in [9.17, 15) is 20.1 Å². The van der Waals surface area contributed by atoms with Crippen LogP contribution in [0.2, 0.25) is 0 Å². The van der Waals surface area contributed by atoms with Gasteiger partial charge in [-0.05, 0) is 6.92 Å². The molecule has 4 unspecified atom stereocenters. The summed E-state index contributed by atoms with van der Waals surface area (Å²) in [5.41, 5.74) is 0.241. The fourth-order valence-electron chi connectivity index (χ4n) is 1.55. The van der Waals surface area contributed by atoms with Crippen LogP contribution < -0.4 is 0 Å². The van der Waals surface area contributed by atoms with Crippen molar-refractivity contribution in [2.75, 3.05) is 19.8 Å². The van der Waals surface area contributed by atoms with Crippen LogP contribution in [0.5, 0.6) is 0 Å². The number of ether oxygens (including phenoxy) is 2. The molecular weight excluding hydrogens is 288 g/mol. The van der Waals surface area contributed by atoms with Crippen LogP contribution in [0.3, 0.4) is 0 Å². The summed E-state index contributed by atoms with van der Waals surface area (Å²) < 4.78 is 9.74. The summed E-state index contributed by atoms with van der Waals surface area (Å²) in [6.07, 6.45) is -7.05. The first-order valence-corrected chi connectivity index (χ1v) is 6.30. The first kappa shape index (κ1) is 18.0. The van der Waals surface area contributed by atoms with Gasteiger partial charge in [-0.25, -0.2) is 14.6 Å². The summed E-state index contributed by atoms with van der Waals surface area (Å²) in [5, 5.41) is 37.6. The lowest BCUT2D eigenvalue weighted by Crippen LogP contribution is -2.59. The first-order chi connectivity index (χ1) is 9.88. The van der Waals surface area contributed by atoms with Gasteiger partial charge in [0, 0.05) is 5.57 Å². The van der Waals surface area contributed by atoms with E-state index in [2.05, 4.69) is 11.5 Å². The van der Waals surface area contributed by atoms with Crippen LogP contribution in [-0.4, -0.2) is 76.9 Å². The smallest absolute Gasteiger partial charge is 0.333 e. The molecule has 21 heavy (non-hydrogen) atoms. The molecule has 1 rings (SSSR count). The van der Waals surface area contributed by atoms with Gasteiger partial charge in [0.2, 0.25) is 6.29 Å². The molecule has 1 aliphatic rings. The van der Waals surface area contributed by atoms with E-state index in [1.807, 2.05) is 0 Å². The third-order valence-corrected chi connectivity index (χ3v) is 2.76. The molecule has 0 aromatic rings. The van der Waals surface area contributed by atoms with Crippen LogP contribution in [0.4, 0.5) is 0 Å². The lowest BCUT2D eigenvalue weighted by atomic mass is 9.99. The maximum Gasteiger partial charge on any atom is 0.333 e.